The molecular formula is C44H40N2. The van der Waals surface area contributed by atoms with Crippen LogP contribution in [0.15, 0.2) is 121 Å². The fourth-order valence-corrected chi connectivity index (χ4v) is 7.64. The summed E-state index contributed by atoms with van der Waals surface area (Å²) in [5.41, 5.74) is 15.2. The van der Waals surface area contributed by atoms with Crippen molar-refractivity contribution >= 4 is 47.1 Å². The molecule has 226 valence electrons. The third-order valence-electron chi connectivity index (χ3n) is 10.1. The Morgan fingerprint density at radius 3 is 1.63 bits per heavy atom. The van der Waals surface area contributed by atoms with E-state index < -0.39 is 0 Å². The minimum absolute atomic E-state index is 0.101. The second kappa shape index (κ2) is 10.5. The molecule has 8 rings (SSSR count). The summed E-state index contributed by atoms with van der Waals surface area (Å²) in [5.74, 6) is 0.334. The smallest absolute Gasteiger partial charge is 0.0580 e. The maximum atomic E-state index is 2.49. The zero-order valence-electron chi connectivity index (χ0n) is 27.3. The van der Waals surface area contributed by atoms with Crippen LogP contribution < -0.4 is 9.80 Å². The summed E-state index contributed by atoms with van der Waals surface area (Å²) in [6.45, 7) is 11.5. The lowest BCUT2D eigenvalue weighted by molar-refractivity contribution is 0.625. The maximum Gasteiger partial charge on any atom is 0.0580 e. The SMILES string of the molecule is CC1c2cc(/C=C/c3ccc(N4c5ccccc5C=CC4(C)C)cc3)ccc2-c2ccc(N3c4ccccc4C=CC3(C)C)cc21. The van der Waals surface area contributed by atoms with E-state index in [4.69, 9.17) is 0 Å². The first-order valence-corrected chi connectivity index (χ1v) is 16.4. The third kappa shape index (κ3) is 4.63. The summed E-state index contributed by atoms with van der Waals surface area (Å²) in [5, 5.41) is 0. The van der Waals surface area contributed by atoms with Crippen LogP contribution in [0.25, 0.3) is 35.4 Å². The van der Waals surface area contributed by atoms with Gasteiger partial charge in [-0.15, -0.1) is 0 Å². The lowest BCUT2D eigenvalue weighted by atomic mass is 9.91. The molecular weight excluding hydrogens is 556 g/mol. The molecule has 0 amide bonds. The highest BCUT2D eigenvalue weighted by Crippen LogP contribution is 2.49. The van der Waals surface area contributed by atoms with Crippen LogP contribution in [0.5, 0.6) is 0 Å². The zero-order chi connectivity index (χ0) is 31.6. The Bertz CT molecular complexity index is 2070. The van der Waals surface area contributed by atoms with Crippen LogP contribution in [0.1, 0.15) is 73.9 Å². The molecule has 0 bridgehead atoms. The van der Waals surface area contributed by atoms with Gasteiger partial charge >= 0.3 is 0 Å². The topological polar surface area (TPSA) is 6.48 Å². The minimum atomic E-state index is -0.112. The van der Waals surface area contributed by atoms with Gasteiger partial charge in [-0.1, -0.05) is 116 Å². The van der Waals surface area contributed by atoms with Gasteiger partial charge in [-0.25, -0.2) is 0 Å². The fraction of sp³-hybridized carbons (Fsp3) is 0.182. The van der Waals surface area contributed by atoms with Gasteiger partial charge in [0.2, 0.25) is 0 Å². The molecule has 0 saturated heterocycles. The van der Waals surface area contributed by atoms with Crippen LogP contribution in [0.3, 0.4) is 0 Å². The second-order valence-electron chi connectivity index (χ2n) is 14.0. The molecule has 0 N–H and O–H groups in total. The molecule has 2 heterocycles. The van der Waals surface area contributed by atoms with Crippen molar-refractivity contribution in [2.45, 2.75) is 51.6 Å². The summed E-state index contributed by atoms with van der Waals surface area (Å²) >= 11 is 0. The molecule has 3 aliphatic rings. The van der Waals surface area contributed by atoms with E-state index in [2.05, 4.69) is 190 Å². The predicted octanol–water partition coefficient (Wildman–Crippen LogP) is 11.9. The van der Waals surface area contributed by atoms with Gasteiger partial charge in [0.15, 0.2) is 0 Å². The molecule has 46 heavy (non-hydrogen) atoms. The van der Waals surface area contributed by atoms with Crippen molar-refractivity contribution in [1.29, 1.82) is 0 Å². The number of hydrogen-bond donors (Lipinski definition) is 0. The fourth-order valence-electron chi connectivity index (χ4n) is 7.64. The van der Waals surface area contributed by atoms with Crippen molar-refractivity contribution in [3.63, 3.8) is 0 Å². The Labute approximate surface area is 273 Å². The second-order valence-corrected chi connectivity index (χ2v) is 14.0. The number of nitrogens with zero attached hydrogens (tertiary/aromatic N) is 2. The van der Waals surface area contributed by atoms with E-state index in [1.54, 1.807) is 0 Å². The van der Waals surface area contributed by atoms with Crippen molar-refractivity contribution in [3.8, 4) is 11.1 Å². The number of benzene rings is 5. The van der Waals surface area contributed by atoms with Crippen LogP contribution in [0.4, 0.5) is 22.7 Å². The Hall–Kier alpha value is -5.08. The lowest BCUT2D eigenvalue weighted by Gasteiger charge is -2.42. The molecule has 5 aromatic rings. The number of rotatable bonds is 4. The van der Waals surface area contributed by atoms with E-state index in [1.165, 1.54) is 67.3 Å². The summed E-state index contributed by atoms with van der Waals surface area (Å²) in [6.07, 6.45) is 13.6. The van der Waals surface area contributed by atoms with Gasteiger partial charge in [0.1, 0.15) is 0 Å². The molecule has 0 saturated carbocycles. The van der Waals surface area contributed by atoms with E-state index in [0.717, 1.165) is 0 Å². The predicted molar refractivity (Wildman–Crippen MR) is 198 cm³/mol. The first-order chi connectivity index (χ1) is 22.2. The highest BCUT2D eigenvalue weighted by atomic mass is 15.2. The van der Waals surface area contributed by atoms with E-state index in [-0.39, 0.29) is 11.1 Å². The van der Waals surface area contributed by atoms with Gasteiger partial charge in [-0.2, -0.15) is 0 Å². The van der Waals surface area contributed by atoms with Crippen molar-refractivity contribution in [1.82, 2.24) is 0 Å². The van der Waals surface area contributed by atoms with E-state index in [1.807, 2.05) is 0 Å². The average Bonchev–Trinajstić information content (AvgIpc) is 3.33. The molecule has 0 radical (unpaired) electrons. The summed E-state index contributed by atoms with van der Waals surface area (Å²) < 4.78 is 0. The maximum absolute atomic E-state index is 2.49. The molecule has 0 aromatic heterocycles. The number of para-hydroxylation sites is 2. The minimum Gasteiger partial charge on any atom is -0.332 e. The number of hydrogen-bond acceptors (Lipinski definition) is 2. The van der Waals surface area contributed by atoms with E-state index in [9.17, 15) is 0 Å². The lowest BCUT2D eigenvalue weighted by Crippen LogP contribution is -2.40. The highest BCUT2D eigenvalue weighted by Gasteiger charge is 2.33. The number of anilines is 4. The van der Waals surface area contributed by atoms with Crippen molar-refractivity contribution in [2.75, 3.05) is 9.80 Å². The van der Waals surface area contributed by atoms with Gasteiger partial charge in [-0.05, 0) is 109 Å². The van der Waals surface area contributed by atoms with Gasteiger partial charge in [0, 0.05) is 28.7 Å². The molecule has 1 aliphatic carbocycles. The van der Waals surface area contributed by atoms with Gasteiger partial charge in [0.25, 0.3) is 0 Å². The Balaban J connectivity index is 1.05. The Morgan fingerprint density at radius 2 is 1.00 bits per heavy atom. The number of fused-ring (bicyclic) bond motifs is 5. The molecule has 2 heteroatoms. The summed E-state index contributed by atoms with van der Waals surface area (Å²) in [7, 11) is 0. The van der Waals surface area contributed by atoms with Crippen LogP contribution in [0, 0.1) is 0 Å². The van der Waals surface area contributed by atoms with E-state index >= 15 is 0 Å². The summed E-state index contributed by atoms with van der Waals surface area (Å²) in [6, 6.07) is 40.3. The highest BCUT2D eigenvalue weighted by molar-refractivity contribution is 5.86. The van der Waals surface area contributed by atoms with E-state index in [0.29, 0.717) is 5.92 Å². The monoisotopic (exact) mass is 596 g/mol. The van der Waals surface area contributed by atoms with Crippen LogP contribution in [0.2, 0.25) is 0 Å². The molecule has 2 nitrogen and oxygen atoms in total. The van der Waals surface area contributed by atoms with Crippen molar-refractivity contribution in [3.05, 3.63) is 155 Å². The largest absolute Gasteiger partial charge is 0.332 e. The van der Waals surface area contributed by atoms with Crippen molar-refractivity contribution < 1.29 is 0 Å². The van der Waals surface area contributed by atoms with Crippen molar-refractivity contribution in [2.24, 2.45) is 0 Å². The van der Waals surface area contributed by atoms with Gasteiger partial charge < -0.3 is 9.80 Å². The zero-order valence-corrected chi connectivity index (χ0v) is 27.3. The summed E-state index contributed by atoms with van der Waals surface area (Å²) in [4.78, 5) is 4.92. The van der Waals surface area contributed by atoms with Gasteiger partial charge in [0.05, 0.1) is 11.1 Å². The average molecular weight is 597 g/mol. The van der Waals surface area contributed by atoms with Gasteiger partial charge in [-0.3, -0.25) is 0 Å². The molecule has 2 aliphatic heterocycles. The Morgan fingerprint density at radius 1 is 0.522 bits per heavy atom. The normalized spacial score (nSPS) is 18.3. The van der Waals surface area contributed by atoms with Crippen LogP contribution in [-0.2, 0) is 0 Å². The molecule has 1 atom stereocenters. The van der Waals surface area contributed by atoms with Crippen LogP contribution >= 0.6 is 0 Å². The third-order valence-corrected chi connectivity index (χ3v) is 10.1. The quantitative estimate of drug-likeness (QED) is 0.190. The first-order valence-electron chi connectivity index (χ1n) is 16.4. The molecule has 1 unspecified atom stereocenters. The Kier molecular flexibility index (Phi) is 6.48. The molecule has 0 fully saturated rings. The van der Waals surface area contributed by atoms with Crippen LogP contribution in [-0.4, -0.2) is 11.1 Å². The molecule has 5 aromatic carbocycles. The molecule has 0 spiro atoms. The first kappa shape index (κ1) is 28.4. The standard InChI is InChI=1S/C44H40N2/c1-30-39-28-32(15-14-31-16-19-35(20-17-31)45-41-12-8-6-10-33(41)24-26-43(45,2)3)18-22-37(39)38-23-21-36(29-40(30)38)46-42-13-9-7-11-34(42)25-27-44(46,4)5/h6-30H,1-5H3/b15-14+.